The Hall–Kier alpha value is -1.18. The number of carbonyl (C=O) groups is 1. The molecule has 0 aliphatic carbocycles. The second kappa shape index (κ2) is 4.56. The summed E-state index contributed by atoms with van der Waals surface area (Å²) in [6.07, 6.45) is 2.92. The molecule has 0 atom stereocenters. The van der Waals surface area contributed by atoms with Gasteiger partial charge in [-0.25, -0.2) is 0 Å². The molecule has 0 N–H and O–H groups in total. The lowest BCUT2D eigenvalue weighted by molar-refractivity contribution is -0.118. The van der Waals surface area contributed by atoms with Crippen molar-refractivity contribution in [3.8, 4) is 0 Å². The molecule has 0 unspecified atom stereocenters. The molecule has 82 valence electrons. The number of nitrogens with zero attached hydrogens (tertiary/aromatic N) is 1. The van der Waals surface area contributed by atoms with Crippen LogP contribution in [0, 0.1) is 0 Å². The van der Waals surface area contributed by atoms with Gasteiger partial charge in [0.1, 0.15) is 5.78 Å². The number of ketones is 1. The molecule has 0 amide bonds. The average molecular weight is 205 g/mol. The van der Waals surface area contributed by atoms with Crippen LogP contribution in [0.1, 0.15) is 45.4 Å². The highest BCUT2D eigenvalue weighted by molar-refractivity contribution is 5.80. The fraction of sp³-hybridized carbons (Fsp3) is 0.538. The molecule has 1 aromatic rings. The third-order valence-electron chi connectivity index (χ3n) is 2.46. The van der Waals surface area contributed by atoms with Crippen LogP contribution in [-0.2, 0) is 16.6 Å². The van der Waals surface area contributed by atoms with Crippen molar-refractivity contribution in [1.82, 2.24) is 4.98 Å². The molecule has 0 aliphatic heterocycles. The van der Waals surface area contributed by atoms with E-state index in [4.69, 9.17) is 0 Å². The topological polar surface area (TPSA) is 30.0 Å². The van der Waals surface area contributed by atoms with E-state index >= 15 is 0 Å². The van der Waals surface area contributed by atoms with E-state index in [-0.39, 0.29) is 11.2 Å². The predicted molar refractivity (Wildman–Crippen MR) is 61.9 cm³/mol. The van der Waals surface area contributed by atoms with E-state index in [9.17, 15) is 4.79 Å². The Bertz CT molecular complexity index is 333. The molecule has 0 bridgehead atoms. The van der Waals surface area contributed by atoms with Crippen LogP contribution >= 0.6 is 0 Å². The van der Waals surface area contributed by atoms with Gasteiger partial charge in [0.2, 0.25) is 0 Å². The van der Waals surface area contributed by atoms with Crippen molar-refractivity contribution in [2.24, 2.45) is 0 Å². The number of hydrogen-bond donors (Lipinski definition) is 0. The number of rotatable bonds is 3. The normalized spacial score (nSPS) is 11.5. The van der Waals surface area contributed by atoms with E-state index in [1.807, 2.05) is 19.2 Å². The molecule has 0 radical (unpaired) electrons. The van der Waals surface area contributed by atoms with Gasteiger partial charge < -0.3 is 0 Å². The number of pyridine rings is 1. The van der Waals surface area contributed by atoms with E-state index in [1.165, 1.54) is 5.56 Å². The minimum absolute atomic E-state index is 0.125. The van der Waals surface area contributed by atoms with Crippen LogP contribution in [0.25, 0.3) is 0 Å². The molecule has 1 aromatic heterocycles. The van der Waals surface area contributed by atoms with Gasteiger partial charge in [0.25, 0.3) is 0 Å². The molecule has 2 nitrogen and oxygen atoms in total. The average Bonchev–Trinajstić information content (AvgIpc) is 2.17. The third-order valence-corrected chi connectivity index (χ3v) is 2.46. The minimum Gasteiger partial charge on any atom is -0.299 e. The highest BCUT2D eigenvalue weighted by atomic mass is 16.1. The molecule has 1 rings (SSSR count). The highest BCUT2D eigenvalue weighted by Gasteiger charge is 2.13. The second-order valence-electron chi connectivity index (χ2n) is 4.86. The first kappa shape index (κ1) is 11.9. The van der Waals surface area contributed by atoms with Gasteiger partial charge in [-0.2, -0.15) is 0 Å². The van der Waals surface area contributed by atoms with Gasteiger partial charge in [0.05, 0.1) is 0 Å². The monoisotopic (exact) mass is 205 g/mol. The lowest BCUT2D eigenvalue weighted by Gasteiger charge is -2.18. The summed E-state index contributed by atoms with van der Waals surface area (Å²) >= 11 is 0. The Morgan fingerprint density at radius 1 is 1.33 bits per heavy atom. The first-order chi connectivity index (χ1) is 6.93. The first-order valence-corrected chi connectivity index (χ1v) is 5.40. The maximum Gasteiger partial charge on any atom is 0.138 e. The summed E-state index contributed by atoms with van der Waals surface area (Å²) in [5, 5.41) is 0. The van der Waals surface area contributed by atoms with Crippen LogP contribution in [0.4, 0.5) is 0 Å². The van der Waals surface area contributed by atoms with Crippen LogP contribution in [0.15, 0.2) is 18.3 Å². The van der Waals surface area contributed by atoms with E-state index in [2.05, 4.69) is 31.8 Å². The molecule has 0 fully saturated rings. The molecule has 1 heterocycles. The molecule has 0 saturated carbocycles. The van der Waals surface area contributed by atoms with Crippen molar-refractivity contribution in [1.29, 1.82) is 0 Å². The molecule has 0 saturated heterocycles. The van der Waals surface area contributed by atoms with E-state index in [1.54, 1.807) is 0 Å². The molecule has 2 heteroatoms. The van der Waals surface area contributed by atoms with Crippen molar-refractivity contribution >= 4 is 5.78 Å². The van der Waals surface area contributed by atoms with E-state index in [0.717, 1.165) is 5.69 Å². The smallest absolute Gasteiger partial charge is 0.138 e. The highest BCUT2D eigenvalue weighted by Crippen LogP contribution is 2.21. The van der Waals surface area contributed by atoms with Gasteiger partial charge in [0.15, 0.2) is 0 Å². The summed E-state index contributed by atoms with van der Waals surface area (Å²) in [4.78, 5) is 15.5. The molecular weight excluding hydrogens is 186 g/mol. The van der Waals surface area contributed by atoms with Gasteiger partial charge in [-0.3, -0.25) is 9.78 Å². The van der Waals surface area contributed by atoms with E-state index < -0.39 is 0 Å². The van der Waals surface area contributed by atoms with Crippen molar-refractivity contribution in [2.75, 3.05) is 0 Å². The number of Topliss-reactive ketones (excluding diaryl/α,β-unsaturated/α-hetero) is 1. The largest absolute Gasteiger partial charge is 0.299 e. The molecule has 0 spiro atoms. The van der Waals surface area contributed by atoms with Gasteiger partial charge in [-0.1, -0.05) is 33.8 Å². The maximum absolute atomic E-state index is 11.2. The zero-order valence-corrected chi connectivity index (χ0v) is 10.0. The Balaban J connectivity index is 2.77. The summed E-state index contributed by atoms with van der Waals surface area (Å²) in [5.74, 6) is 0.242. The SMILES string of the molecule is CCC(=O)Cc1ccc(C(C)(C)C)cn1. The molecule has 0 aromatic carbocycles. The summed E-state index contributed by atoms with van der Waals surface area (Å²) in [6, 6.07) is 4.01. The summed E-state index contributed by atoms with van der Waals surface area (Å²) in [5.41, 5.74) is 2.20. The van der Waals surface area contributed by atoms with Gasteiger partial charge in [-0.05, 0) is 17.0 Å². The molecule has 0 aliphatic rings. The summed E-state index contributed by atoms with van der Waals surface area (Å²) in [6.45, 7) is 8.34. The van der Waals surface area contributed by atoms with Crippen LogP contribution in [-0.4, -0.2) is 10.8 Å². The van der Waals surface area contributed by atoms with Crippen molar-refractivity contribution < 1.29 is 4.79 Å². The van der Waals surface area contributed by atoms with Gasteiger partial charge >= 0.3 is 0 Å². The summed E-state index contributed by atoms with van der Waals surface area (Å²) < 4.78 is 0. The zero-order chi connectivity index (χ0) is 11.5. The lowest BCUT2D eigenvalue weighted by atomic mass is 9.88. The Morgan fingerprint density at radius 2 is 2.00 bits per heavy atom. The molecular formula is C13H19NO. The van der Waals surface area contributed by atoms with Crippen LogP contribution in [0.2, 0.25) is 0 Å². The first-order valence-electron chi connectivity index (χ1n) is 5.40. The van der Waals surface area contributed by atoms with Crippen molar-refractivity contribution in [3.63, 3.8) is 0 Å². The van der Waals surface area contributed by atoms with Gasteiger partial charge in [-0.15, -0.1) is 0 Å². The van der Waals surface area contributed by atoms with E-state index in [0.29, 0.717) is 12.8 Å². The lowest BCUT2D eigenvalue weighted by Crippen LogP contribution is -2.12. The fourth-order valence-corrected chi connectivity index (χ4v) is 1.30. The Kier molecular flexibility index (Phi) is 3.61. The fourth-order valence-electron chi connectivity index (χ4n) is 1.30. The van der Waals surface area contributed by atoms with Crippen LogP contribution < -0.4 is 0 Å². The minimum atomic E-state index is 0.125. The second-order valence-corrected chi connectivity index (χ2v) is 4.86. The van der Waals surface area contributed by atoms with Crippen molar-refractivity contribution in [2.45, 2.75) is 46.0 Å². The molecule has 15 heavy (non-hydrogen) atoms. The number of hydrogen-bond acceptors (Lipinski definition) is 2. The Labute approximate surface area is 91.7 Å². The Morgan fingerprint density at radius 3 is 2.40 bits per heavy atom. The standard InChI is InChI=1S/C13H19NO/c1-5-12(15)8-11-7-6-10(9-14-11)13(2,3)4/h6-7,9H,5,8H2,1-4H3. The zero-order valence-electron chi connectivity index (χ0n) is 10.0. The maximum atomic E-state index is 11.2. The van der Waals surface area contributed by atoms with Gasteiger partial charge in [0, 0.05) is 24.7 Å². The quantitative estimate of drug-likeness (QED) is 0.759. The van der Waals surface area contributed by atoms with Crippen LogP contribution in [0.3, 0.4) is 0 Å². The number of carbonyl (C=O) groups excluding carboxylic acids is 1. The van der Waals surface area contributed by atoms with Crippen LogP contribution in [0.5, 0.6) is 0 Å². The number of aromatic nitrogens is 1. The summed E-state index contributed by atoms with van der Waals surface area (Å²) in [7, 11) is 0. The van der Waals surface area contributed by atoms with Crippen molar-refractivity contribution in [3.05, 3.63) is 29.6 Å². The third kappa shape index (κ3) is 3.46. The predicted octanol–water partition coefficient (Wildman–Crippen LogP) is 2.90.